The Kier molecular flexibility index (Phi) is 1.76. The lowest BCUT2D eigenvalue weighted by Crippen LogP contribution is -1.84. The molecule has 15 heavy (non-hydrogen) atoms. The Morgan fingerprint density at radius 2 is 2.20 bits per heavy atom. The molecule has 3 aromatic rings. The molecule has 0 amide bonds. The van der Waals surface area contributed by atoms with Crippen LogP contribution in [0.25, 0.3) is 22.3 Å². The summed E-state index contributed by atoms with van der Waals surface area (Å²) in [7, 11) is 0. The molecule has 5 heteroatoms. The predicted molar refractivity (Wildman–Crippen MR) is 58.7 cm³/mol. The fraction of sp³-hybridized carbons (Fsp3) is 0. The van der Waals surface area contributed by atoms with Crippen LogP contribution in [0.1, 0.15) is 0 Å². The molecule has 0 aromatic carbocycles. The molecule has 2 N–H and O–H groups in total. The summed E-state index contributed by atoms with van der Waals surface area (Å²) in [6.45, 7) is 0. The number of pyridine rings is 1. The van der Waals surface area contributed by atoms with E-state index in [9.17, 15) is 0 Å². The maximum Gasteiger partial charge on any atom is 0.138 e. The first-order valence-electron chi connectivity index (χ1n) is 4.47. The van der Waals surface area contributed by atoms with E-state index in [2.05, 4.69) is 20.2 Å². The standard InChI is InChI=1S/C10H7ClN4/c11-7-5-13-10-6(1-3-12-10)9(7)8-2-4-14-15-8/h1-5H,(H,12,13)(H,14,15). The van der Waals surface area contributed by atoms with Crippen molar-refractivity contribution in [2.75, 3.05) is 0 Å². The monoisotopic (exact) mass is 218 g/mol. The van der Waals surface area contributed by atoms with Crippen molar-refractivity contribution in [1.82, 2.24) is 20.2 Å². The number of nitrogens with one attached hydrogen (secondary N) is 2. The van der Waals surface area contributed by atoms with E-state index in [1.54, 1.807) is 12.4 Å². The lowest BCUT2D eigenvalue weighted by molar-refractivity contribution is 1.10. The van der Waals surface area contributed by atoms with Gasteiger partial charge in [-0.15, -0.1) is 0 Å². The molecule has 3 heterocycles. The highest BCUT2D eigenvalue weighted by molar-refractivity contribution is 6.34. The molecule has 0 bridgehead atoms. The zero-order valence-electron chi connectivity index (χ0n) is 7.66. The van der Waals surface area contributed by atoms with Gasteiger partial charge in [0.2, 0.25) is 0 Å². The molecule has 3 rings (SSSR count). The molecule has 0 saturated heterocycles. The van der Waals surface area contributed by atoms with Crippen LogP contribution in [0.5, 0.6) is 0 Å². The Morgan fingerprint density at radius 3 is 3.00 bits per heavy atom. The zero-order chi connectivity index (χ0) is 10.3. The van der Waals surface area contributed by atoms with Crippen molar-refractivity contribution in [3.63, 3.8) is 0 Å². The number of halogens is 1. The molecule has 0 fully saturated rings. The summed E-state index contributed by atoms with van der Waals surface area (Å²) in [5.41, 5.74) is 2.65. The van der Waals surface area contributed by atoms with Crippen molar-refractivity contribution in [3.8, 4) is 11.3 Å². The fourth-order valence-electron chi connectivity index (χ4n) is 1.65. The Hall–Kier alpha value is -1.81. The van der Waals surface area contributed by atoms with Gasteiger partial charge in [0.05, 0.1) is 10.7 Å². The summed E-state index contributed by atoms with van der Waals surface area (Å²) >= 11 is 6.13. The van der Waals surface area contributed by atoms with Crippen molar-refractivity contribution < 1.29 is 0 Å². The van der Waals surface area contributed by atoms with E-state index in [4.69, 9.17) is 11.6 Å². The topological polar surface area (TPSA) is 57.4 Å². The van der Waals surface area contributed by atoms with Gasteiger partial charge in [-0.05, 0) is 12.1 Å². The van der Waals surface area contributed by atoms with Crippen LogP contribution in [0.2, 0.25) is 5.02 Å². The lowest BCUT2D eigenvalue weighted by atomic mass is 10.1. The number of aromatic nitrogens is 4. The van der Waals surface area contributed by atoms with Gasteiger partial charge in [-0.25, -0.2) is 4.98 Å². The molecule has 0 atom stereocenters. The Bertz CT molecular complexity index is 597. The van der Waals surface area contributed by atoms with Crippen LogP contribution in [0, 0.1) is 0 Å². The molecule has 0 saturated carbocycles. The molecule has 4 nitrogen and oxygen atoms in total. The zero-order valence-corrected chi connectivity index (χ0v) is 8.42. The highest BCUT2D eigenvalue weighted by Crippen LogP contribution is 2.31. The highest BCUT2D eigenvalue weighted by atomic mass is 35.5. The summed E-state index contributed by atoms with van der Waals surface area (Å²) in [6.07, 6.45) is 5.18. The van der Waals surface area contributed by atoms with Crippen molar-refractivity contribution in [3.05, 3.63) is 35.7 Å². The fourth-order valence-corrected chi connectivity index (χ4v) is 1.90. The van der Waals surface area contributed by atoms with Gasteiger partial charge < -0.3 is 4.98 Å². The van der Waals surface area contributed by atoms with Gasteiger partial charge in [-0.3, -0.25) is 5.10 Å². The van der Waals surface area contributed by atoms with Crippen molar-refractivity contribution in [1.29, 1.82) is 0 Å². The van der Waals surface area contributed by atoms with Gasteiger partial charge in [0.25, 0.3) is 0 Å². The van der Waals surface area contributed by atoms with E-state index in [1.165, 1.54) is 0 Å². The second-order valence-electron chi connectivity index (χ2n) is 3.19. The largest absolute Gasteiger partial charge is 0.346 e. The first-order chi connectivity index (χ1) is 7.36. The van der Waals surface area contributed by atoms with Crippen LogP contribution in [0.3, 0.4) is 0 Å². The maximum absolute atomic E-state index is 6.13. The number of fused-ring (bicyclic) bond motifs is 1. The average molecular weight is 219 g/mol. The van der Waals surface area contributed by atoms with Crippen LogP contribution >= 0.6 is 11.6 Å². The molecule has 0 aliphatic heterocycles. The molecule has 74 valence electrons. The second kappa shape index (κ2) is 3.10. The van der Waals surface area contributed by atoms with E-state index in [-0.39, 0.29) is 0 Å². The third-order valence-electron chi connectivity index (χ3n) is 2.31. The van der Waals surface area contributed by atoms with Crippen molar-refractivity contribution in [2.24, 2.45) is 0 Å². The van der Waals surface area contributed by atoms with Gasteiger partial charge in [0.15, 0.2) is 0 Å². The third-order valence-corrected chi connectivity index (χ3v) is 2.60. The molecular formula is C10H7ClN4. The van der Waals surface area contributed by atoms with Crippen molar-refractivity contribution >= 4 is 22.6 Å². The number of hydrogen-bond donors (Lipinski definition) is 2. The summed E-state index contributed by atoms with van der Waals surface area (Å²) in [4.78, 5) is 7.23. The van der Waals surface area contributed by atoms with Crippen LogP contribution in [0.4, 0.5) is 0 Å². The van der Waals surface area contributed by atoms with Gasteiger partial charge in [-0.2, -0.15) is 5.10 Å². The Balaban J connectivity index is 2.41. The average Bonchev–Trinajstić information content (AvgIpc) is 2.85. The van der Waals surface area contributed by atoms with Gasteiger partial charge in [0, 0.05) is 29.5 Å². The lowest BCUT2D eigenvalue weighted by Gasteiger charge is -2.02. The Labute approximate surface area is 90.3 Å². The summed E-state index contributed by atoms with van der Waals surface area (Å²) in [5.74, 6) is 0. The van der Waals surface area contributed by atoms with Gasteiger partial charge in [-0.1, -0.05) is 11.6 Å². The molecular weight excluding hydrogens is 212 g/mol. The van der Waals surface area contributed by atoms with E-state index in [0.717, 1.165) is 22.3 Å². The second-order valence-corrected chi connectivity index (χ2v) is 3.60. The van der Waals surface area contributed by atoms with E-state index < -0.39 is 0 Å². The quantitative estimate of drug-likeness (QED) is 0.660. The van der Waals surface area contributed by atoms with Gasteiger partial charge >= 0.3 is 0 Å². The van der Waals surface area contributed by atoms with Crippen LogP contribution < -0.4 is 0 Å². The summed E-state index contributed by atoms with van der Waals surface area (Å²) in [6, 6.07) is 3.83. The Morgan fingerprint density at radius 1 is 1.27 bits per heavy atom. The van der Waals surface area contributed by atoms with Crippen LogP contribution in [-0.2, 0) is 0 Å². The molecule has 0 aliphatic carbocycles. The number of rotatable bonds is 1. The third kappa shape index (κ3) is 1.22. The van der Waals surface area contributed by atoms with Crippen molar-refractivity contribution in [2.45, 2.75) is 0 Å². The number of aromatic amines is 2. The molecule has 0 unspecified atom stereocenters. The molecule has 0 radical (unpaired) electrons. The number of hydrogen-bond acceptors (Lipinski definition) is 2. The minimum atomic E-state index is 0.617. The molecule has 3 aromatic heterocycles. The SMILES string of the molecule is Clc1cnc2[nH]ccc2c1-c1ccn[nH]1. The van der Waals surface area contributed by atoms with E-state index in [1.807, 2.05) is 18.3 Å². The first-order valence-corrected chi connectivity index (χ1v) is 4.85. The summed E-state index contributed by atoms with van der Waals surface area (Å²) < 4.78 is 0. The highest BCUT2D eigenvalue weighted by Gasteiger charge is 2.10. The number of nitrogens with zero attached hydrogens (tertiary/aromatic N) is 2. The molecule has 0 aliphatic rings. The molecule has 0 spiro atoms. The van der Waals surface area contributed by atoms with E-state index >= 15 is 0 Å². The first kappa shape index (κ1) is 8.49. The van der Waals surface area contributed by atoms with E-state index in [0.29, 0.717) is 5.02 Å². The predicted octanol–water partition coefficient (Wildman–Crippen LogP) is 2.61. The van der Waals surface area contributed by atoms with Crippen LogP contribution in [0.15, 0.2) is 30.7 Å². The maximum atomic E-state index is 6.13. The smallest absolute Gasteiger partial charge is 0.138 e. The minimum Gasteiger partial charge on any atom is -0.346 e. The normalized spacial score (nSPS) is 11.0. The number of H-pyrrole nitrogens is 2. The minimum absolute atomic E-state index is 0.617. The van der Waals surface area contributed by atoms with Gasteiger partial charge in [0.1, 0.15) is 5.65 Å². The summed E-state index contributed by atoms with van der Waals surface area (Å²) in [5, 5.41) is 8.43. The van der Waals surface area contributed by atoms with Crippen LogP contribution in [-0.4, -0.2) is 20.2 Å².